The molecule has 1 aromatic carbocycles. The van der Waals surface area contributed by atoms with Crippen LogP contribution in [0.3, 0.4) is 0 Å². The molecule has 1 heterocycles. The van der Waals surface area contributed by atoms with Gasteiger partial charge in [-0.2, -0.15) is 0 Å². The summed E-state index contributed by atoms with van der Waals surface area (Å²) < 4.78 is 0. The van der Waals surface area contributed by atoms with E-state index in [1.807, 2.05) is 12.1 Å². The van der Waals surface area contributed by atoms with E-state index in [2.05, 4.69) is 43.4 Å². The number of aromatic nitrogens is 1. The number of carbonyl (C=O) groups excluding carboxylic acids is 1. The zero-order chi connectivity index (χ0) is 16.0. The molecule has 0 amide bonds. The molecule has 3 nitrogen and oxygen atoms in total. The van der Waals surface area contributed by atoms with Crippen LogP contribution in [-0.4, -0.2) is 16.8 Å². The van der Waals surface area contributed by atoms with E-state index < -0.39 is 0 Å². The van der Waals surface area contributed by atoms with Gasteiger partial charge in [0.1, 0.15) is 5.82 Å². The van der Waals surface area contributed by atoms with E-state index >= 15 is 0 Å². The van der Waals surface area contributed by atoms with Gasteiger partial charge in [-0.25, -0.2) is 4.98 Å². The summed E-state index contributed by atoms with van der Waals surface area (Å²) >= 11 is 0. The molecule has 4 rings (SSSR count). The van der Waals surface area contributed by atoms with Crippen LogP contribution in [0.15, 0.2) is 36.4 Å². The van der Waals surface area contributed by atoms with Crippen LogP contribution < -0.4 is 5.32 Å². The first-order valence-corrected chi connectivity index (χ1v) is 8.37. The van der Waals surface area contributed by atoms with E-state index in [-0.39, 0.29) is 11.2 Å². The van der Waals surface area contributed by atoms with E-state index in [4.69, 9.17) is 4.98 Å². The number of benzene rings is 1. The van der Waals surface area contributed by atoms with Crippen LogP contribution in [-0.2, 0) is 19.3 Å². The minimum atomic E-state index is 0.0132. The Kier molecular flexibility index (Phi) is 3.26. The van der Waals surface area contributed by atoms with Crippen LogP contribution in [0.1, 0.15) is 47.4 Å². The van der Waals surface area contributed by atoms with Crippen molar-refractivity contribution >= 4 is 11.6 Å². The summed E-state index contributed by atoms with van der Waals surface area (Å²) in [4.78, 5) is 17.0. The number of fused-ring (bicyclic) bond motifs is 2. The molecule has 2 aromatic rings. The number of ketones is 1. The highest BCUT2D eigenvalue weighted by Gasteiger charge is 2.32. The molecule has 0 unspecified atom stereocenters. The van der Waals surface area contributed by atoms with Gasteiger partial charge >= 0.3 is 0 Å². The second-order valence-corrected chi connectivity index (χ2v) is 7.65. The van der Waals surface area contributed by atoms with Crippen molar-refractivity contribution in [2.75, 3.05) is 5.32 Å². The van der Waals surface area contributed by atoms with Crippen LogP contribution in [0.5, 0.6) is 0 Å². The first kappa shape index (κ1) is 14.4. The third-order valence-corrected chi connectivity index (χ3v) is 4.96. The predicted molar refractivity (Wildman–Crippen MR) is 91.9 cm³/mol. The van der Waals surface area contributed by atoms with Crippen LogP contribution in [0.25, 0.3) is 0 Å². The van der Waals surface area contributed by atoms with Crippen LogP contribution in [0.2, 0.25) is 0 Å². The van der Waals surface area contributed by atoms with Gasteiger partial charge in [0, 0.05) is 18.0 Å². The van der Waals surface area contributed by atoms with Gasteiger partial charge in [-0.05, 0) is 47.9 Å². The number of anilines is 1. The quantitative estimate of drug-likeness (QED) is 0.917. The number of Topliss-reactive ketones (excluding diaryl/α,β-unsaturated/α-hetero) is 1. The summed E-state index contributed by atoms with van der Waals surface area (Å²) in [6, 6.07) is 12.9. The Labute approximate surface area is 137 Å². The molecule has 1 aromatic heterocycles. The van der Waals surface area contributed by atoms with Gasteiger partial charge in [-0.1, -0.05) is 38.1 Å². The largest absolute Gasteiger partial charge is 0.367 e. The molecular weight excluding hydrogens is 284 g/mol. The van der Waals surface area contributed by atoms with Crippen molar-refractivity contribution in [3.05, 3.63) is 58.8 Å². The zero-order valence-electron chi connectivity index (χ0n) is 13.7. The lowest BCUT2D eigenvalue weighted by molar-refractivity contribution is 0.0910. The minimum absolute atomic E-state index is 0.0132. The molecule has 3 heteroatoms. The Morgan fingerprint density at radius 2 is 1.74 bits per heavy atom. The molecule has 0 fully saturated rings. The lowest BCUT2D eigenvalue weighted by Gasteiger charge is -2.29. The second kappa shape index (κ2) is 5.19. The number of carbonyl (C=O) groups is 1. The molecule has 0 saturated carbocycles. The van der Waals surface area contributed by atoms with Gasteiger partial charge in [0.05, 0.1) is 5.69 Å². The van der Waals surface area contributed by atoms with Gasteiger partial charge < -0.3 is 5.32 Å². The molecule has 0 aliphatic heterocycles. The minimum Gasteiger partial charge on any atom is -0.367 e. The van der Waals surface area contributed by atoms with Crippen molar-refractivity contribution in [2.45, 2.75) is 45.6 Å². The van der Waals surface area contributed by atoms with Crippen LogP contribution in [0, 0.1) is 5.41 Å². The Bertz CT molecular complexity index is 754. The molecule has 0 spiro atoms. The van der Waals surface area contributed by atoms with Gasteiger partial charge in [0.2, 0.25) is 0 Å². The van der Waals surface area contributed by atoms with Crippen molar-refractivity contribution in [2.24, 2.45) is 5.41 Å². The molecule has 0 saturated heterocycles. The molecule has 0 bridgehead atoms. The highest BCUT2D eigenvalue weighted by molar-refractivity contribution is 5.98. The molecule has 0 atom stereocenters. The van der Waals surface area contributed by atoms with Crippen molar-refractivity contribution in [3.8, 4) is 0 Å². The first-order chi connectivity index (χ1) is 11.0. The Balaban J connectivity index is 1.55. The monoisotopic (exact) mass is 306 g/mol. The molecule has 2 aliphatic carbocycles. The van der Waals surface area contributed by atoms with Gasteiger partial charge in [0.25, 0.3) is 0 Å². The number of nitrogens with one attached hydrogen (secondary N) is 1. The van der Waals surface area contributed by atoms with Crippen LogP contribution >= 0.6 is 0 Å². The first-order valence-electron chi connectivity index (χ1n) is 8.37. The van der Waals surface area contributed by atoms with E-state index in [0.29, 0.717) is 12.5 Å². The van der Waals surface area contributed by atoms with Crippen molar-refractivity contribution < 1.29 is 4.79 Å². The lowest BCUT2D eigenvalue weighted by atomic mass is 9.76. The topological polar surface area (TPSA) is 42.0 Å². The fourth-order valence-electron chi connectivity index (χ4n) is 3.89. The van der Waals surface area contributed by atoms with Crippen LogP contribution in [0.4, 0.5) is 5.82 Å². The number of hydrogen-bond acceptors (Lipinski definition) is 3. The third-order valence-electron chi connectivity index (χ3n) is 4.96. The van der Waals surface area contributed by atoms with E-state index in [0.717, 1.165) is 36.3 Å². The van der Waals surface area contributed by atoms with E-state index in [1.165, 1.54) is 11.1 Å². The standard InChI is InChI=1S/C20H22N2O/c1-20(2)11-17-16(18(23)12-20)7-8-19(22-17)21-15-9-13-5-3-4-6-14(13)10-15/h3-8,15H,9-12H2,1-2H3,(H,21,22). The SMILES string of the molecule is CC1(C)CC(=O)c2ccc(NC3Cc4ccccc4C3)nc2C1. The summed E-state index contributed by atoms with van der Waals surface area (Å²) in [6.07, 6.45) is 3.57. The maximum Gasteiger partial charge on any atom is 0.165 e. The lowest BCUT2D eigenvalue weighted by Crippen LogP contribution is -2.28. The molecule has 118 valence electrons. The summed E-state index contributed by atoms with van der Waals surface area (Å²) in [5.41, 5.74) is 4.63. The van der Waals surface area contributed by atoms with Gasteiger partial charge in [0.15, 0.2) is 5.78 Å². The average Bonchev–Trinajstić information content (AvgIpc) is 2.87. The number of hydrogen-bond donors (Lipinski definition) is 1. The highest BCUT2D eigenvalue weighted by atomic mass is 16.1. The fraction of sp³-hybridized carbons (Fsp3) is 0.400. The van der Waals surface area contributed by atoms with E-state index in [1.54, 1.807) is 0 Å². The highest BCUT2D eigenvalue weighted by Crippen LogP contribution is 2.34. The van der Waals surface area contributed by atoms with Crippen molar-refractivity contribution in [1.82, 2.24) is 4.98 Å². The predicted octanol–water partition coefficient (Wildman–Crippen LogP) is 3.82. The van der Waals surface area contributed by atoms with E-state index in [9.17, 15) is 4.79 Å². The maximum absolute atomic E-state index is 12.2. The zero-order valence-corrected chi connectivity index (χ0v) is 13.7. The summed E-state index contributed by atoms with van der Waals surface area (Å²) in [5, 5.41) is 3.56. The van der Waals surface area contributed by atoms with Crippen molar-refractivity contribution in [3.63, 3.8) is 0 Å². The molecule has 23 heavy (non-hydrogen) atoms. The Morgan fingerprint density at radius 3 is 2.43 bits per heavy atom. The van der Waals surface area contributed by atoms with Gasteiger partial charge in [-0.3, -0.25) is 4.79 Å². The molecule has 2 aliphatic rings. The normalized spacial score (nSPS) is 19.3. The Hall–Kier alpha value is -2.16. The fourth-order valence-corrected chi connectivity index (χ4v) is 3.89. The molecule has 0 radical (unpaired) electrons. The third kappa shape index (κ3) is 2.76. The number of pyridine rings is 1. The maximum atomic E-state index is 12.2. The summed E-state index contributed by atoms with van der Waals surface area (Å²) in [7, 11) is 0. The Morgan fingerprint density at radius 1 is 1.04 bits per heavy atom. The summed E-state index contributed by atoms with van der Waals surface area (Å²) in [6.45, 7) is 4.28. The number of rotatable bonds is 2. The summed E-state index contributed by atoms with van der Waals surface area (Å²) in [5.74, 6) is 1.12. The van der Waals surface area contributed by atoms with Gasteiger partial charge in [-0.15, -0.1) is 0 Å². The average molecular weight is 306 g/mol. The molecule has 1 N–H and O–H groups in total. The molecular formula is C20H22N2O. The second-order valence-electron chi connectivity index (χ2n) is 7.65. The van der Waals surface area contributed by atoms with Crippen molar-refractivity contribution in [1.29, 1.82) is 0 Å². The smallest absolute Gasteiger partial charge is 0.165 e. The number of nitrogens with zero attached hydrogens (tertiary/aromatic N) is 1.